The first-order valence-corrected chi connectivity index (χ1v) is 9.08. The predicted molar refractivity (Wildman–Crippen MR) is 109 cm³/mol. The molecule has 0 radical (unpaired) electrons. The summed E-state index contributed by atoms with van der Waals surface area (Å²) in [5.74, 6) is -2.38. The minimum Gasteiger partial charge on any atom is -0.384 e. The molecule has 0 spiro atoms. The van der Waals surface area contributed by atoms with Crippen molar-refractivity contribution in [3.63, 3.8) is 0 Å². The van der Waals surface area contributed by atoms with Crippen LogP contribution in [-0.2, 0) is 15.2 Å². The third-order valence-corrected chi connectivity index (χ3v) is 4.50. The lowest BCUT2D eigenvalue weighted by atomic mass is 9.93. The zero-order valence-electron chi connectivity index (χ0n) is 15.9. The highest BCUT2D eigenvalue weighted by Crippen LogP contribution is 2.24. The Labute approximate surface area is 168 Å². The fourth-order valence-electron chi connectivity index (χ4n) is 2.84. The highest BCUT2D eigenvalue weighted by atomic mass is 19.1. The van der Waals surface area contributed by atoms with E-state index in [1.807, 2.05) is 42.5 Å². The topological polar surface area (TPSA) is 78.4 Å². The molecule has 5 nitrogen and oxygen atoms in total. The van der Waals surface area contributed by atoms with Crippen LogP contribution in [0.4, 0.5) is 10.1 Å². The molecule has 0 aliphatic carbocycles. The van der Waals surface area contributed by atoms with Crippen LogP contribution in [0.15, 0.2) is 78.9 Å². The SMILES string of the molecule is CC(O)(CNC(=O)C(=O)Nc1cccc(F)c1)c1ccc(-c2ccccc2)cc1. The highest BCUT2D eigenvalue weighted by Gasteiger charge is 2.25. The summed E-state index contributed by atoms with van der Waals surface area (Å²) < 4.78 is 13.2. The molecule has 0 aliphatic heterocycles. The van der Waals surface area contributed by atoms with E-state index in [9.17, 15) is 19.1 Å². The molecule has 1 unspecified atom stereocenters. The van der Waals surface area contributed by atoms with Gasteiger partial charge in [0.1, 0.15) is 11.4 Å². The smallest absolute Gasteiger partial charge is 0.313 e. The van der Waals surface area contributed by atoms with Crippen LogP contribution >= 0.6 is 0 Å². The number of hydrogen-bond acceptors (Lipinski definition) is 3. The van der Waals surface area contributed by atoms with E-state index in [-0.39, 0.29) is 12.2 Å². The molecular weight excluding hydrogens is 371 g/mol. The first kappa shape index (κ1) is 20.2. The molecule has 148 valence electrons. The molecule has 3 aromatic carbocycles. The van der Waals surface area contributed by atoms with Gasteiger partial charge < -0.3 is 15.7 Å². The Bertz CT molecular complexity index is 1000. The van der Waals surface area contributed by atoms with Crippen LogP contribution in [0, 0.1) is 5.82 Å². The number of halogens is 1. The van der Waals surface area contributed by atoms with E-state index in [1.165, 1.54) is 18.2 Å². The molecule has 3 aromatic rings. The second-order valence-corrected chi connectivity index (χ2v) is 6.86. The standard InChI is InChI=1S/C23H21FN2O3/c1-23(29,18-12-10-17(11-13-18)16-6-3-2-4-7-16)15-25-21(27)22(28)26-20-9-5-8-19(24)14-20/h2-14,29H,15H2,1H3,(H,25,27)(H,26,28). The van der Waals surface area contributed by atoms with Crippen molar-refractivity contribution in [3.8, 4) is 11.1 Å². The summed E-state index contributed by atoms with van der Waals surface area (Å²) in [5.41, 5.74) is 1.46. The number of carbonyl (C=O) groups excluding carboxylic acids is 2. The second kappa shape index (κ2) is 8.67. The fraction of sp³-hybridized carbons (Fsp3) is 0.130. The van der Waals surface area contributed by atoms with Crippen LogP contribution in [-0.4, -0.2) is 23.5 Å². The van der Waals surface area contributed by atoms with Crippen LogP contribution in [0.1, 0.15) is 12.5 Å². The van der Waals surface area contributed by atoms with Crippen LogP contribution in [0.2, 0.25) is 0 Å². The molecule has 0 fully saturated rings. The first-order valence-electron chi connectivity index (χ1n) is 9.08. The molecule has 0 bridgehead atoms. The lowest BCUT2D eigenvalue weighted by Gasteiger charge is -2.24. The van der Waals surface area contributed by atoms with E-state index in [4.69, 9.17) is 0 Å². The third kappa shape index (κ3) is 5.27. The van der Waals surface area contributed by atoms with E-state index >= 15 is 0 Å². The van der Waals surface area contributed by atoms with E-state index in [0.717, 1.165) is 17.2 Å². The number of benzene rings is 3. The molecule has 0 saturated heterocycles. The number of hydrogen-bond donors (Lipinski definition) is 3. The molecule has 0 aromatic heterocycles. The van der Waals surface area contributed by atoms with Crippen molar-refractivity contribution in [1.82, 2.24) is 5.32 Å². The van der Waals surface area contributed by atoms with Gasteiger partial charge in [0.15, 0.2) is 0 Å². The Morgan fingerprint density at radius 3 is 2.21 bits per heavy atom. The molecular formula is C23H21FN2O3. The minimum atomic E-state index is -1.37. The van der Waals surface area contributed by atoms with Gasteiger partial charge in [-0.3, -0.25) is 9.59 Å². The van der Waals surface area contributed by atoms with Crippen molar-refractivity contribution in [1.29, 1.82) is 0 Å². The van der Waals surface area contributed by atoms with Crippen LogP contribution in [0.25, 0.3) is 11.1 Å². The van der Waals surface area contributed by atoms with Gasteiger partial charge in [0, 0.05) is 5.69 Å². The van der Waals surface area contributed by atoms with Gasteiger partial charge in [-0.2, -0.15) is 0 Å². The second-order valence-electron chi connectivity index (χ2n) is 6.86. The number of nitrogens with one attached hydrogen (secondary N) is 2. The Hall–Kier alpha value is -3.51. The largest absolute Gasteiger partial charge is 0.384 e. The molecule has 0 heterocycles. The van der Waals surface area contributed by atoms with Crippen molar-refractivity contribution in [2.45, 2.75) is 12.5 Å². The van der Waals surface area contributed by atoms with E-state index in [0.29, 0.717) is 5.56 Å². The summed E-state index contributed by atoms with van der Waals surface area (Å²) in [4.78, 5) is 24.0. The Kier molecular flexibility index (Phi) is 6.04. The average Bonchev–Trinajstić information content (AvgIpc) is 2.73. The maximum absolute atomic E-state index is 13.2. The molecule has 1 atom stereocenters. The molecule has 6 heteroatoms. The number of aliphatic hydroxyl groups is 1. The number of amides is 2. The Balaban J connectivity index is 1.60. The quantitative estimate of drug-likeness (QED) is 0.582. The first-order chi connectivity index (χ1) is 13.8. The number of carbonyl (C=O) groups is 2. The summed E-state index contributed by atoms with van der Waals surface area (Å²) >= 11 is 0. The van der Waals surface area contributed by atoms with Gasteiger partial charge in [-0.25, -0.2) is 4.39 Å². The zero-order chi connectivity index (χ0) is 20.9. The average molecular weight is 392 g/mol. The van der Waals surface area contributed by atoms with Crippen LogP contribution in [0.5, 0.6) is 0 Å². The van der Waals surface area contributed by atoms with E-state index < -0.39 is 23.2 Å². The summed E-state index contributed by atoms with van der Waals surface area (Å²) in [6, 6.07) is 22.4. The van der Waals surface area contributed by atoms with Crippen molar-refractivity contribution in [2.24, 2.45) is 0 Å². The lowest BCUT2D eigenvalue weighted by Crippen LogP contribution is -2.43. The molecule has 2 amide bonds. The molecule has 29 heavy (non-hydrogen) atoms. The fourth-order valence-corrected chi connectivity index (χ4v) is 2.84. The molecule has 3 rings (SSSR count). The zero-order valence-corrected chi connectivity index (χ0v) is 15.9. The summed E-state index contributed by atoms with van der Waals surface area (Å²) in [5, 5.41) is 15.4. The summed E-state index contributed by atoms with van der Waals surface area (Å²) in [6.45, 7) is 1.39. The van der Waals surface area contributed by atoms with Gasteiger partial charge in [-0.15, -0.1) is 0 Å². The van der Waals surface area contributed by atoms with Gasteiger partial charge in [0.2, 0.25) is 0 Å². The van der Waals surface area contributed by atoms with Gasteiger partial charge in [-0.1, -0.05) is 60.7 Å². The maximum Gasteiger partial charge on any atom is 0.313 e. The molecule has 0 aliphatic rings. The number of anilines is 1. The van der Waals surface area contributed by atoms with Crippen LogP contribution in [0.3, 0.4) is 0 Å². The van der Waals surface area contributed by atoms with Gasteiger partial charge in [0.25, 0.3) is 0 Å². The van der Waals surface area contributed by atoms with Crippen molar-refractivity contribution < 1.29 is 19.1 Å². The monoisotopic (exact) mass is 392 g/mol. The summed E-state index contributed by atoms with van der Waals surface area (Å²) in [7, 11) is 0. The van der Waals surface area contributed by atoms with E-state index in [1.54, 1.807) is 19.1 Å². The number of rotatable bonds is 5. The normalized spacial score (nSPS) is 12.7. The van der Waals surface area contributed by atoms with E-state index in [2.05, 4.69) is 10.6 Å². The molecule has 3 N–H and O–H groups in total. The summed E-state index contributed by atoms with van der Waals surface area (Å²) in [6.07, 6.45) is 0. The highest BCUT2D eigenvalue weighted by molar-refractivity contribution is 6.39. The van der Waals surface area contributed by atoms with Crippen molar-refractivity contribution in [2.75, 3.05) is 11.9 Å². The molecule has 0 saturated carbocycles. The Morgan fingerprint density at radius 1 is 0.897 bits per heavy atom. The van der Waals surface area contributed by atoms with Gasteiger partial charge in [-0.05, 0) is 41.8 Å². The van der Waals surface area contributed by atoms with Gasteiger partial charge in [0.05, 0.1) is 6.54 Å². The van der Waals surface area contributed by atoms with Crippen molar-refractivity contribution >= 4 is 17.5 Å². The Morgan fingerprint density at radius 2 is 1.55 bits per heavy atom. The van der Waals surface area contributed by atoms with Crippen molar-refractivity contribution in [3.05, 3.63) is 90.2 Å². The third-order valence-electron chi connectivity index (χ3n) is 4.50. The van der Waals surface area contributed by atoms with Crippen LogP contribution < -0.4 is 10.6 Å². The lowest BCUT2D eigenvalue weighted by molar-refractivity contribution is -0.136. The van der Waals surface area contributed by atoms with Gasteiger partial charge >= 0.3 is 11.8 Å². The minimum absolute atomic E-state index is 0.160. The predicted octanol–water partition coefficient (Wildman–Crippen LogP) is 3.46. The maximum atomic E-state index is 13.2.